The van der Waals surface area contributed by atoms with Gasteiger partial charge in [-0.25, -0.2) is 0 Å². The Balaban J connectivity index is 2.61. The second-order valence-corrected chi connectivity index (χ2v) is 3.66. The van der Waals surface area contributed by atoms with Gasteiger partial charge in [-0.2, -0.15) is 0 Å². The molecule has 0 unspecified atom stereocenters. The summed E-state index contributed by atoms with van der Waals surface area (Å²) < 4.78 is 0.742. The molecule has 66 valence electrons. The molecule has 0 atom stereocenters. The van der Waals surface area contributed by atoms with Crippen LogP contribution in [0.25, 0.3) is 0 Å². The van der Waals surface area contributed by atoms with Crippen molar-refractivity contribution in [1.29, 1.82) is 0 Å². The molecule has 0 spiro atoms. The van der Waals surface area contributed by atoms with Gasteiger partial charge in [0.1, 0.15) is 0 Å². The molecule has 0 aliphatic carbocycles. The Morgan fingerprint density at radius 2 is 2.08 bits per heavy atom. The first-order valence-electron chi connectivity index (χ1n) is 3.80. The van der Waals surface area contributed by atoms with Gasteiger partial charge in [0.2, 0.25) is 5.91 Å². The van der Waals surface area contributed by atoms with Gasteiger partial charge in [0.25, 0.3) is 0 Å². The maximum atomic E-state index is 11.4. The highest BCUT2D eigenvalue weighted by Gasteiger charge is 2.23. The van der Waals surface area contributed by atoms with Gasteiger partial charge in [-0.05, 0) is 28.1 Å². The smallest absolute Gasteiger partial charge is 0.232 e. The number of carbonyl (C=O) groups excluding carboxylic acids is 2. The van der Waals surface area contributed by atoms with Gasteiger partial charge in [0, 0.05) is 10.0 Å². The maximum Gasteiger partial charge on any atom is 0.232 e. The summed E-state index contributed by atoms with van der Waals surface area (Å²) in [5.41, 5.74) is 1.16. The fourth-order valence-electron chi connectivity index (χ4n) is 1.31. The number of rotatable bonds is 0. The van der Waals surface area contributed by atoms with E-state index >= 15 is 0 Å². The number of fused-ring (bicyclic) bond motifs is 1. The minimum Gasteiger partial charge on any atom is -0.324 e. The van der Waals surface area contributed by atoms with Crippen LogP contribution in [0, 0.1) is 0 Å². The van der Waals surface area contributed by atoms with Gasteiger partial charge in [-0.15, -0.1) is 0 Å². The molecule has 3 nitrogen and oxygen atoms in total. The lowest BCUT2D eigenvalue weighted by Crippen LogP contribution is -2.24. The Morgan fingerprint density at radius 1 is 1.31 bits per heavy atom. The van der Waals surface area contributed by atoms with Crippen LogP contribution < -0.4 is 5.32 Å². The third-order valence-electron chi connectivity index (χ3n) is 1.90. The molecule has 0 fully saturated rings. The van der Waals surface area contributed by atoms with E-state index in [1.54, 1.807) is 18.2 Å². The van der Waals surface area contributed by atoms with Crippen LogP contribution in [0.5, 0.6) is 0 Å². The van der Waals surface area contributed by atoms with Crippen molar-refractivity contribution in [3.63, 3.8) is 0 Å². The molecule has 1 aliphatic heterocycles. The van der Waals surface area contributed by atoms with Gasteiger partial charge >= 0.3 is 0 Å². The first-order valence-corrected chi connectivity index (χ1v) is 4.59. The zero-order chi connectivity index (χ0) is 9.42. The third kappa shape index (κ3) is 1.37. The topological polar surface area (TPSA) is 46.2 Å². The number of para-hydroxylation sites is 1. The van der Waals surface area contributed by atoms with Crippen LogP contribution in [0.3, 0.4) is 0 Å². The molecule has 1 N–H and O–H groups in total. The third-order valence-corrected chi connectivity index (χ3v) is 2.56. The fraction of sp³-hybridized carbons (Fsp3) is 0.111. The van der Waals surface area contributed by atoms with Crippen molar-refractivity contribution < 1.29 is 9.59 Å². The zero-order valence-corrected chi connectivity index (χ0v) is 8.22. The van der Waals surface area contributed by atoms with E-state index in [9.17, 15) is 9.59 Å². The highest BCUT2D eigenvalue weighted by molar-refractivity contribution is 9.10. The number of nitrogens with one attached hydrogen (secondary N) is 1. The number of carbonyl (C=O) groups is 2. The minimum atomic E-state index is -0.246. The molecule has 0 aromatic heterocycles. The Hall–Kier alpha value is -1.16. The first-order chi connectivity index (χ1) is 6.18. The first kappa shape index (κ1) is 8.44. The second kappa shape index (κ2) is 2.96. The molecule has 1 aliphatic rings. The molecule has 0 radical (unpaired) electrons. The average Bonchev–Trinajstić information content (AvgIpc) is 2.07. The van der Waals surface area contributed by atoms with E-state index in [-0.39, 0.29) is 18.1 Å². The second-order valence-electron chi connectivity index (χ2n) is 2.81. The summed E-state index contributed by atoms with van der Waals surface area (Å²) in [5.74, 6) is -0.371. The van der Waals surface area contributed by atoms with Crippen molar-refractivity contribution in [3.05, 3.63) is 28.2 Å². The van der Waals surface area contributed by atoms with Crippen molar-refractivity contribution in [1.82, 2.24) is 0 Å². The number of hydrogen-bond acceptors (Lipinski definition) is 2. The van der Waals surface area contributed by atoms with Crippen LogP contribution in [0.2, 0.25) is 0 Å². The summed E-state index contributed by atoms with van der Waals surface area (Å²) in [6.45, 7) is 0. The summed E-state index contributed by atoms with van der Waals surface area (Å²) in [7, 11) is 0. The molecule has 1 aromatic rings. The van der Waals surface area contributed by atoms with E-state index in [0.29, 0.717) is 11.3 Å². The maximum absolute atomic E-state index is 11.4. The van der Waals surface area contributed by atoms with Crippen LogP contribution in [0.1, 0.15) is 16.8 Å². The normalized spacial score (nSPS) is 15.2. The lowest BCUT2D eigenvalue weighted by molar-refractivity contribution is -0.115. The number of ketones is 1. The van der Waals surface area contributed by atoms with E-state index < -0.39 is 0 Å². The number of hydrogen-bond donors (Lipinski definition) is 1. The Morgan fingerprint density at radius 3 is 2.85 bits per heavy atom. The molecule has 13 heavy (non-hydrogen) atoms. The van der Waals surface area contributed by atoms with Crippen LogP contribution in [0.15, 0.2) is 22.7 Å². The van der Waals surface area contributed by atoms with Crippen molar-refractivity contribution in [2.24, 2.45) is 0 Å². The van der Waals surface area contributed by atoms with Gasteiger partial charge in [-0.3, -0.25) is 9.59 Å². The summed E-state index contributed by atoms with van der Waals surface area (Å²) >= 11 is 3.27. The highest BCUT2D eigenvalue weighted by Crippen LogP contribution is 2.30. The molecule has 0 bridgehead atoms. The van der Waals surface area contributed by atoms with Gasteiger partial charge in [0.05, 0.1) is 12.1 Å². The van der Waals surface area contributed by atoms with Crippen molar-refractivity contribution in [2.45, 2.75) is 6.42 Å². The van der Waals surface area contributed by atoms with E-state index in [1.807, 2.05) is 0 Å². The quantitative estimate of drug-likeness (QED) is 0.704. The molecule has 0 saturated carbocycles. The van der Waals surface area contributed by atoms with Crippen LogP contribution in [0.4, 0.5) is 5.69 Å². The largest absolute Gasteiger partial charge is 0.324 e. The molecular formula is C9H6BrNO2. The minimum absolute atomic E-state index is 0.0521. The van der Waals surface area contributed by atoms with Crippen LogP contribution >= 0.6 is 15.9 Å². The van der Waals surface area contributed by atoms with E-state index in [1.165, 1.54) is 0 Å². The number of anilines is 1. The molecule has 0 saturated heterocycles. The van der Waals surface area contributed by atoms with Crippen molar-refractivity contribution >= 4 is 33.3 Å². The molecule has 1 amide bonds. The fourth-order valence-corrected chi connectivity index (χ4v) is 1.77. The van der Waals surface area contributed by atoms with Crippen molar-refractivity contribution in [3.8, 4) is 0 Å². The summed E-state index contributed by atoms with van der Waals surface area (Å²) in [4.78, 5) is 22.4. The van der Waals surface area contributed by atoms with Crippen LogP contribution in [-0.4, -0.2) is 11.7 Å². The zero-order valence-electron chi connectivity index (χ0n) is 6.63. The molecule has 1 heterocycles. The average molecular weight is 240 g/mol. The molecule has 4 heteroatoms. The predicted octanol–water partition coefficient (Wildman–Crippen LogP) is 1.97. The van der Waals surface area contributed by atoms with Crippen molar-refractivity contribution in [2.75, 3.05) is 5.32 Å². The molecule has 2 rings (SSSR count). The van der Waals surface area contributed by atoms with Gasteiger partial charge in [-0.1, -0.05) is 6.07 Å². The lowest BCUT2D eigenvalue weighted by Gasteiger charge is -2.16. The SMILES string of the molecule is O=C1CC(=O)c2cccc(Br)c2N1. The Bertz CT molecular complexity index is 401. The number of amides is 1. The monoisotopic (exact) mass is 239 g/mol. The molecule has 1 aromatic carbocycles. The standard InChI is InChI=1S/C9H6BrNO2/c10-6-3-1-2-5-7(12)4-8(13)11-9(5)6/h1-3H,4H2,(H,11,13). The number of halogens is 1. The lowest BCUT2D eigenvalue weighted by atomic mass is 10.0. The summed E-state index contributed by atoms with van der Waals surface area (Å²) in [6.07, 6.45) is -0.0521. The van der Waals surface area contributed by atoms with E-state index in [4.69, 9.17) is 0 Å². The number of benzene rings is 1. The van der Waals surface area contributed by atoms with Gasteiger partial charge < -0.3 is 5.32 Å². The summed E-state index contributed by atoms with van der Waals surface area (Å²) in [6, 6.07) is 5.28. The predicted molar refractivity (Wildman–Crippen MR) is 51.7 cm³/mol. The molecular weight excluding hydrogens is 234 g/mol. The van der Waals surface area contributed by atoms with Gasteiger partial charge in [0.15, 0.2) is 5.78 Å². The van der Waals surface area contributed by atoms with Crippen LogP contribution in [-0.2, 0) is 4.79 Å². The highest BCUT2D eigenvalue weighted by atomic mass is 79.9. The van der Waals surface area contributed by atoms with E-state index in [2.05, 4.69) is 21.2 Å². The van der Waals surface area contributed by atoms with E-state index in [0.717, 1.165) is 4.47 Å². The number of Topliss-reactive ketones (excluding diaryl/α,β-unsaturated/α-hetero) is 1. The Kier molecular flexibility index (Phi) is 1.92. The Labute approximate surface area is 83.3 Å². The summed E-state index contributed by atoms with van der Waals surface area (Å²) in [5, 5.41) is 2.65.